The molecule has 150 valence electrons. The molecule has 0 aliphatic rings. The number of nitrogens with zero attached hydrogens (tertiary/aromatic N) is 1. The Morgan fingerprint density at radius 2 is 1.83 bits per heavy atom. The van der Waals surface area contributed by atoms with E-state index in [-0.39, 0.29) is 17.5 Å². The van der Waals surface area contributed by atoms with Crippen LogP contribution in [0.3, 0.4) is 0 Å². The molecular weight excluding hydrogens is 390 g/mol. The van der Waals surface area contributed by atoms with Gasteiger partial charge in [-0.1, -0.05) is 38.1 Å². The van der Waals surface area contributed by atoms with Gasteiger partial charge in [-0.15, -0.1) is 0 Å². The maximum atomic E-state index is 12.2. The van der Waals surface area contributed by atoms with Crippen molar-refractivity contribution in [2.45, 2.75) is 19.8 Å². The third-order valence-electron chi connectivity index (χ3n) is 4.06. The molecule has 0 radical (unpaired) electrons. The summed E-state index contributed by atoms with van der Waals surface area (Å²) >= 11 is 5.01. The standard InChI is InChI=1S/C20H21N5O3S/c1-12(2)13-7-9-14(10-8-13)28-11-17(26)24-25-20(29)23-19(27)18-21-15-5-3-4-6-16(15)22-18/h3-10,12H,11H2,1-2H3,(H,21,22)(H,24,26)(H2,23,25,27,29). The summed E-state index contributed by atoms with van der Waals surface area (Å²) < 4.78 is 5.42. The van der Waals surface area contributed by atoms with Crippen molar-refractivity contribution in [2.24, 2.45) is 0 Å². The van der Waals surface area contributed by atoms with E-state index in [0.717, 1.165) is 5.52 Å². The molecule has 8 nitrogen and oxygen atoms in total. The summed E-state index contributed by atoms with van der Waals surface area (Å²) in [6, 6.07) is 14.8. The summed E-state index contributed by atoms with van der Waals surface area (Å²) in [7, 11) is 0. The average Bonchev–Trinajstić information content (AvgIpc) is 3.15. The quantitative estimate of drug-likeness (QED) is 0.379. The number of para-hydroxylation sites is 2. The molecule has 1 aromatic heterocycles. The number of hydrogen-bond acceptors (Lipinski definition) is 5. The Balaban J connectivity index is 1.42. The molecule has 4 N–H and O–H groups in total. The van der Waals surface area contributed by atoms with Crippen LogP contribution < -0.4 is 20.9 Å². The van der Waals surface area contributed by atoms with Gasteiger partial charge in [-0.2, -0.15) is 0 Å². The van der Waals surface area contributed by atoms with E-state index in [1.165, 1.54) is 5.56 Å². The van der Waals surface area contributed by atoms with Gasteiger partial charge >= 0.3 is 0 Å². The summed E-state index contributed by atoms with van der Waals surface area (Å²) in [5.41, 5.74) is 7.42. The topological polar surface area (TPSA) is 108 Å². The molecule has 0 aliphatic heterocycles. The average molecular weight is 411 g/mol. The van der Waals surface area contributed by atoms with Crippen LogP contribution in [-0.2, 0) is 4.79 Å². The van der Waals surface area contributed by atoms with Crippen LogP contribution in [0.15, 0.2) is 48.5 Å². The van der Waals surface area contributed by atoms with E-state index >= 15 is 0 Å². The minimum Gasteiger partial charge on any atom is -0.484 e. The third-order valence-corrected chi connectivity index (χ3v) is 4.27. The van der Waals surface area contributed by atoms with Gasteiger partial charge in [0.25, 0.3) is 11.8 Å². The summed E-state index contributed by atoms with van der Waals surface area (Å²) in [5, 5.41) is 2.37. The van der Waals surface area contributed by atoms with Crippen molar-refractivity contribution in [2.75, 3.05) is 6.61 Å². The van der Waals surface area contributed by atoms with Gasteiger partial charge in [0.15, 0.2) is 17.5 Å². The first-order valence-electron chi connectivity index (χ1n) is 9.00. The predicted octanol–water partition coefficient (Wildman–Crippen LogP) is 2.40. The van der Waals surface area contributed by atoms with Gasteiger partial charge < -0.3 is 9.72 Å². The number of H-pyrrole nitrogens is 1. The Bertz CT molecular complexity index is 997. The van der Waals surface area contributed by atoms with Crippen LogP contribution >= 0.6 is 12.2 Å². The second-order valence-corrected chi connectivity index (χ2v) is 6.98. The maximum Gasteiger partial charge on any atom is 0.293 e. The minimum absolute atomic E-state index is 0.0647. The molecule has 1 heterocycles. The number of amides is 2. The van der Waals surface area contributed by atoms with Crippen molar-refractivity contribution in [1.82, 2.24) is 26.1 Å². The van der Waals surface area contributed by atoms with Crippen molar-refractivity contribution in [3.8, 4) is 5.75 Å². The van der Waals surface area contributed by atoms with E-state index in [1.54, 1.807) is 6.07 Å². The Hall–Kier alpha value is -3.46. The molecule has 29 heavy (non-hydrogen) atoms. The van der Waals surface area contributed by atoms with Crippen molar-refractivity contribution in [1.29, 1.82) is 0 Å². The largest absolute Gasteiger partial charge is 0.484 e. The van der Waals surface area contributed by atoms with Crippen molar-refractivity contribution < 1.29 is 14.3 Å². The first-order valence-corrected chi connectivity index (χ1v) is 9.41. The van der Waals surface area contributed by atoms with Crippen molar-refractivity contribution in [3.05, 3.63) is 59.9 Å². The number of hydrogen-bond donors (Lipinski definition) is 4. The molecule has 0 atom stereocenters. The van der Waals surface area contributed by atoms with Crippen LogP contribution in [0.1, 0.15) is 35.9 Å². The van der Waals surface area contributed by atoms with E-state index in [0.29, 0.717) is 17.2 Å². The first kappa shape index (κ1) is 20.3. The number of hydrazine groups is 1. The van der Waals surface area contributed by atoms with Gasteiger partial charge in [0.1, 0.15) is 5.75 Å². The molecule has 9 heteroatoms. The number of ether oxygens (including phenoxy) is 1. The number of benzene rings is 2. The predicted molar refractivity (Wildman–Crippen MR) is 113 cm³/mol. The number of thiocarbonyl (C=S) groups is 1. The van der Waals surface area contributed by atoms with Crippen LogP contribution in [0.25, 0.3) is 11.0 Å². The van der Waals surface area contributed by atoms with Crippen LogP contribution in [0.4, 0.5) is 0 Å². The molecule has 0 spiro atoms. The number of carbonyl (C=O) groups excluding carboxylic acids is 2. The molecule has 0 aliphatic carbocycles. The van der Waals surface area contributed by atoms with E-state index in [2.05, 4.69) is 40.0 Å². The Morgan fingerprint density at radius 1 is 1.10 bits per heavy atom. The monoisotopic (exact) mass is 411 g/mol. The normalized spacial score (nSPS) is 10.6. The fourth-order valence-corrected chi connectivity index (χ4v) is 2.66. The van der Waals surface area contributed by atoms with E-state index in [1.807, 2.05) is 42.5 Å². The van der Waals surface area contributed by atoms with Gasteiger partial charge in [0, 0.05) is 0 Å². The fourth-order valence-electron chi connectivity index (χ4n) is 2.51. The molecule has 2 aromatic carbocycles. The number of carbonyl (C=O) groups is 2. The molecule has 0 saturated heterocycles. The maximum absolute atomic E-state index is 12.2. The Morgan fingerprint density at radius 3 is 2.52 bits per heavy atom. The van der Waals surface area contributed by atoms with Gasteiger partial charge in [-0.05, 0) is 48.0 Å². The summed E-state index contributed by atoms with van der Waals surface area (Å²) in [6.45, 7) is 4.00. The molecule has 0 saturated carbocycles. The summed E-state index contributed by atoms with van der Waals surface area (Å²) in [5.74, 6) is 0.167. The van der Waals surface area contributed by atoms with Crippen LogP contribution in [0, 0.1) is 0 Å². The third kappa shape index (κ3) is 5.52. The summed E-state index contributed by atoms with van der Waals surface area (Å²) in [6.07, 6.45) is 0. The van der Waals surface area contributed by atoms with Gasteiger partial charge in [-0.25, -0.2) is 4.98 Å². The van der Waals surface area contributed by atoms with Gasteiger partial charge in [-0.3, -0.25) is 25.8 Å². The second-order valence-electron chi connectivity index (χ2n) is 6.57. The lowest BCUT2D eigenvalue weighted by molar-refractivity contribution is -0.123. The van der Waals surface area contributed by atoms with Gasteiger partial charge in [0.05, 0.1) is 11.0 Å². The highest BCUT2D eigenvalue weighted by atomic mass is 32.1. The highest BCUT2D eigenvalue weighted by molar-refractivity contribution is 7.80. The highest BCUT2D eigenvalue weighted by Crippen LogP contribution is 2.18. The SMILES string of the molecule is CC(C)c1ccc(OCC(=O)NNC(=S)NC(=O)c2nc3ccccc3[nH]2)cc1. The number of aromatic amines is 1. The molecule has 3 rings (SSSR count). The number of nitrogens with one attached hydrogen (secondary N) is 4. The minimum atomic E-state index is -0.519. The number of imidazole rings is 1. The molecule has 0 bridgehead atoms. The van der Waals surface area contributed by atoms with E-state index in [4.69, 9.17) is 17.0 Å². The fraction of sp³-hybridized carbons (Fsp3) is 0.200. The Kier molecular flexibility index (Phi) is 6.40. The molecule has 3 aromatic rings. The van der Waals surface area contributed by atoms with Gasteiger partial charge in [0.2, 0.25) is 0 Å². The van der Waals surface area contributed by atoms with E-state index in [9.17, 15) is 9.59 Å². The Labute approximate surface area is 173 Å². The number of fused-ring (bicyclic) bond motifs is 1. The zero-order valence-electron chi connectivity index (χ0n) is 16.0. The van der Waals surface area contributed by atoms with Crippen molar-refractivity contribution in [3.63, 3.8) is 0 Å². The number of aromatic nitrogens is 2. The first-order chi connectivity index (χ1) is 13.9. The summed E-state index contributed by atoms with van der Waals surface area (Å²) in [4.78, 5) is 31.1. The molecule has 0 unspecified atom stereocenters. The lowest BCUT2D eigenvalue weighted by atomic mass is 10.0. The van der Waals surface area contributed by atoms with Crippen LogP contribution in [-0.4, -0.2) is 33.5 Å². The van der Waals surface area contributed by atoms with Crippen LogP contribution in [0.2, 0.25) is 0 Å². The lowest BCUT2D eigenvalue weighted by Crippen LogP contribution is -2.49. The molecule has 0 fully saturated rings. The second kappa shape index (κ2) is 9.16. The van der Waals surface area contributed by atoms with Crippen molar-refractivity contribution >= 4 is 40.2 Å². The zero-order valence-corrected chi connectivity index (χ0v) is 16.8. The highest BCUT2D eigenvalue weighted by Gasteiger charge is 2.13. The molecular formula is C20H21N5O3S. The molecule has 2 amide bonds. The zero-order chi connectivity index (χ0) is 20.8. The van der Waals surface area contributed by atoms with E-state index < -0.39 is 11.8 Å². The van der Waals surface area contributed by atoms with Crippen LogP contribution in [0.5, 0.6) is 5.75 Å². The lowest BCUT2D eigenvalue weighted by Gasteiger charge is -2.11. The number of rotatable bonds is 5. The smallest absolute Gasteiger partial charge is 0.293 e.